The van der Waals surface area contributed by atoms with Gasteiger partial charge in [-0.15, -0.1) is 22.7 Å². The smallest absolute Gasteiger partial charge is 0.266 e. The maximum atomic E-state index is 12.3. The van der Waals surface area contributed by atoms with Gasteiger partial charge in [0.2, 0.25) is 0 Å². The van der Waals surface area contributed by atoms with Crippen LogP contribution in [0.1, 0.15) is 19.3 Å². The monoisotopic (exact) mass is 406 g/mol. The van der Waals surface area contributed by atoms with Crippen molar-refractivity contribution in [1.29, 1.82) is 0 Å². The highest BCUT2D eigenvalue weighted by molar-refractivity contribution is 9.11. The summed E-state index contributed by atoms with van der Waals surface area (Å²) in [6.07, 6.45) is 0. The lowest BCUT2D eigenvalue weighted by Crippen LogP contribution is -2.41. The van der Waals surface area contributed by atoms with Crippen molar-refractivity contribution in [3.8, 4) is 11.1 Å². The Bertz CT molecular complexity index is 843. The Hall–Kier alpha value is -1.96. The summed E-state index contributed by atoms with van der Waals surface area (Å²) in [5, 5.41) is 1.86. The molecule has 4 nitrogen and oxygen atoms in total. The Labute approximate surface area is 149 Å². The molecular weight excluding hydrogens is 396 g/mol. The fourth-order valence-corrected chi connectivity index (χ4v) is 4.09. The number of hydrogen-bond donors (Lipinski definition) is 2. The van der Waals surface area contributed by atoms with Crippen LogP contribution in [0, 0.1) is 0 Å². The molecule has 3 rings (SSSR count). The maximum absolute atomic E-state index is 12.3. The summed E-state index contributed by atoms with van der Waals surface area (Å²) < 4.78 is 0.860. The Kier molecular flexibility index (Phi) is 4.90. The lowest BCUT2D eigenvalue weighted by molar-refractivity contribution is 0.0851. The van der Waals surface area contributed by atoms with Crippen LogP contribution in [0.3, 0.4) is 0 Å². The molecule has 0 aliphatic rings. The molecule has 23 heavy (non-hydrogen) atoms. The predicted octanol–water partition coefficient (Wildman–Crippen LogP) is 4.31. The number of halogens is 1. The standard InChI is InChI=1S/C16H11BrN2O2S2/c17-13-7-6-12(23-13)15(20)18-19-16(21)14-11(8-9-22-14)10-4-2-1-3-5-10/h1-9H,(H,18,20)(H,19,21). The van der Waals surface area contributed by atoms with Crippen LogP contribution in [0.4, 0.5) is 0 Å². The topological polar surface area (TPSA) is 58.2 Å². The SMILES string of the molecule is O=C(NNC(=O)c1sccc1-c1ccccc1)c1ccc(Br)s1. The van der Waals surface area contributed by atoms with Crippen molar-refractivity contribution in [2.24, 2.45) is 0 Å². The van der Waals surface area contributed by atoms with Gasteiger partial charge in [-0.1, -0.05) is 30.3 Å². The molecule has 3 aromatic rings. The second kappa shape index (κ2) is 7.08. The summed E-state index contributed by atoms with van der Waals surface area (Å²) in [4.78, 5) is 25.4. The van der Waals surface area contributed by atoms with E-state index in [9.17, 15) is 9.59 Å². The van der Waals surface area contributed by atoms with Crippen molar-refractivity contribution in [2.75, 3.05) is 0 Å². The fraction of sp³-hybridized carbons (Fsp3) is 0. The number of rotatable bonds is 3. The van der Waals surface area contributed by atoms with Crippen LogP contribution in [0.2, 0.25) is 0 Å². The summed E-state index contributed by atoms with van der Waals surface area (Å²) in [5.41, 5.74) is 6.72. The van der Waals surface area contributed by atoms with E-state index >= 15 is 0 Å². The third-order valence-electron chi connectivity index (χ3n) is 3.04. The van der Waals surface area contributed by atoms with E-state index < -0.39 is 0 Å². The highest BCUT2D eigenvalue weighted by Gasteiger charge is 2.16. The Morgan fingerprint density at radius 1 is 0.913 bits per heavy atom. The fourth-order valence-electron chi connectivity index (χ4n) is 2.00. The second-order valence-corrected chi connectivity index (χ2v) is 7.92. The first-order chi connectivity index (χ1) is 11.1. The first-order valence-electron chi connectivity index (χ1n) is 6.64. The molecule has 0 unspecified atom stereocenters. The molecule has 0 atom stereocenters. The zero-order valence-corrected chi connectivity index (χ0v) is 14.9. The predicted molar refractivity (Wildman–Crippen MR) is 96.7 cm³/mol. The van der Waals surface area contributed by atoms with Gasteiger partial charge in [-0.05, 0) is 45.1 Å². The minimum absolute atomic E-state index is 0.331. The second-order valence-electron chi connectivity index (χ2n) is 4.54. The van der Waals surface area contributed by atoms with Crippen molar-refractivity contribution >= 4 is 50.4 Å². The van der Waals surface area contributed by atoms with Gasteiger partial charge in [-0.2, -0.15) is 0 Å². The summed E-state index contributed by atoms with van der Waals surface area (Å²) in [7, 11) is 0. The molecule has 2 N–H and O–H groups in total. The molecule has 7 heteroatoms. The Balaban J connectivity index is 1.70. The number of benzene rings is 1. The number of hydrogen-bond acceptors (Lipinski definition) is 4. The third kappa shape index (κ3) is 3.69. The maximum Gasteiger partial charge on any atom is 0.280 e. The summed E-state index contributed by atoms with van der Waals surface area (Å²) >= 11 is 5.94. The first kappa shape index (κ1) is 15.9. The summed E-state index contributed by atoms with van der Waals surface area (Å²) in [5.74, 6) is -0.672. The Morgan fingerprint density at radius 2 is 1.65 bits per heavy atom. The van der Waals surface area contributed by atoms with Crippen molar-refractivity contribution in [3.63, 3.8) is 0 Å². The molecule has 2 amide bonds. The van der Waals surface area contributed by atoms with E-state index in [-0.39, 0.29) is 11.8 Å². The number of amides is 2. The molecule has 0 radical (unpaired) electrons. The van der Waals surface area contributed by atoms with Crippen molar-refractivity contribution < 1.29 is 9.59 Å². The molecule has 0 aliphatic heterocycles. The zero-order valence-electron chi connectivity index (χ0n) is 11.7. The lowest BCUT2D eigenvalue weighted by Gasteiger charge is -2.07. The summed E-state index contributed by atoms with van der Waals surface area (Å²) in [6.45, 7) is 0. The molecular formula is C16H11BrN2O2S2. The van der Waals surface area contributed by atoms with E-state index in [1.54, 1.807) is 12.1 Å². The van der Waals surface area contributed by atoms with Crippen LogP contribution < -0.4 is 10.9 Å². The van der Waals surface area contributed by atoms with Gasteiger partial charge in [0.15, 0.2) is 0 Å². The van der Waals surface area contributed by atoms with Crippen molar-refractivity contribution in [1.82, 2.24) is 10.9 Å². The normalized spacial score (nSPS) is 10.3. The summed E-state index contributed by atoms with van der Waals surface area (Å²) in [6, 6.07) is 15.0. The number of carbonyl (C=O) groups is 2. The number of thiophene rings is 2. The molecule has 2 heterocycles. The van der Waals surface area contributed by atoms with Crippen LogP contribution in [-0.2, 0) is 0 Å². The average Bonchev–Trinajstić information content (AvgIpc) is 3.22. The number of carbonyl (C=O) groups excluding carboxylic acids is 2. The van der Waals surface area contributed by atoms with E-state index in [1.807, 2.05) is 41.8 Å². The molecule has 0 spiro atoms. The minimum atomic E-state index is -0.341. The molecule has 1 aromatic carbocycles. The van der Waals surface area contributed by atoms with Crippen LogP contribution >= 0.6 is 38.6 Å². The largest absolute Gasteiger partial charge is 0.280 e. The van der Waals surface area contributed by atoms with Gasteiger partial charge in [0.25, 0.3) is 11.8 Å². The average molecular weight is 407 g/mol. The highest BCUT2D eigenvalue weighted by atomic mass is 79.9. The van der Waals surface area contributed by atoms with E-state index in [1.165, 1.54) is 22.7 Å². The molecule has 116 valence electrons. The minimum Gasteiger partial charge on any atom is -0.266 e. The van der Waals surface area contributed by atoms with Gasteiger partial charge in [0, 0.05) is 5.56 Å². The molecule has 0 aliphatic carbocycles. The van der Waals surface area contributed by atoms with Crippen molar-refractivity contribution in [2.45, 2.75) is 0 Å². The molecule has 0 fully saturated rings. The van der Waals surface area contributed by atoms with Gasteiger partial charge in [0.1, 0.15) is 4.88 Å². The first-order valence-corrected chi connectivity index (χ1v) is 9.13. The number of nitrogens with one attached hydrogen (secondary N) is 2. The Morgan fingerprint density at radius 3 is 2.35 bits per heavy atom. The van der Waals surface area contributed by atoms with Gasteiger partial charge in [-0.25, -0.2) is 0 Å². The van der Waals surface area contributed by atoms with E-state index in [4.69, 9.17) is 0 Å². The number of hydrazine groups is 1. The van der Waals surface area contributed by atoms with Gasteiger partial charge in [0.05, 0.1) is 8.66 Å². The van der Waals surface area contributed by atoms with E-state index in [0.717, 1.165) is 14.9 Å². The van der Waals surface area contributed by atoms with E-state index in [2.05, 4.69) is 26.8 Å². The van der Waals surface area contributed by atoms with Gasteiger partial charge >= 0.3 is 0 Å². The molecule has 2 aromatic heterocycles. The lowest BCUT2D eigenvalue weighted by atomic mass is 10.1. The third-order valence-corrected chi connectivity index (χ3v) is 5.58. The van der Waals surface area contributed by atoms with Crippen LogP contribution in [0.25, 0.3) is 11.1 Å². The van der Waals surface area contributed by atoms with Crippen LogP contribution in [0.15, 0.2) is 57.7 Å². The van der Waals surface area contributed by atoms with Crippen LogP contribution in [-0.4, -0.2) is 11.8 Å². The van der Waals surface area contributed by atoms with Crippen LogP contribution in [0.5, 0.6) is 0 Å². The van der Waals surface area contributed by atoms with Gasteiger partial charge in [-0.3, -0.25) is 20.4 Å². The molecule has 0 saturated carbocycles. The highest BCUT2D eigenvalue weighted by Crippen LogP contribution is 2.28. The quantitative estimate of drug-likeness (QED) is 0.636. The van der Waals surface area contributed by atoms with Gasteiger partial charge < -0.3 is 0 Å². The zero-order chi connectivity index (χ0) is 16.2. The van der Waals surface area contributed by atoms with Crippen molar-refractivity contribution in [3.05, 3.63) is 67.5 Å². The molecule has 0 bridgehead atoms. The van der Waals surface area contributed by atoms with E-state index in [0.29, 0.717) is 9.75 Å². The molecule has 0 saturated heterocycles.